The van der Waals surface area contributed by atoms with Crippen LogP contribution in [0.4, 0.5) is 13.2 Å². The van der Waals surface area contributed by atoms with Gasteiger partial charge in [0.15, 0.2) is 5.58 Å². The maximum Gasteiger partial charge on any atom is 0.573 e. The van der Waals surface area contributed by atoms with Gasteiger partial charge < -0.3 is 9.15 Å². The van der Waals surface area contributed by atoms with E-state index in [0.717, 1.165) is 0 Å². The van der Waals surface area contributed by atoms with E-state index < -0.39 is 12.1 Å². The topological polar surface area (TPSA) is 44.4 Å². The quantitative estimate of drug-likeness (QED) is 0.743. The highest BCUT2D eigenvalue weighted by Crippen LogP contribution is 2.23. The summed E-state index contributed by atoms with van der Waals surface area (Å²) in [6, 6.07) is 12.3. The van der Waals surface area contributed by atoms with E-state index in [1.807, 2.05) is 0 Å². The molecule has 0 saturated heterocycles. The number of hydrogen-bond donors (Lipinski definition) is 0. The average molecular weight is 309 g/mol. The first-order valence-electron chi connectivity index (χ1n) is 6.35. The monoisotopic (exact) mass is 309 g/mol. The first-order valence-corrected chi connectivity index (χ1v) is 6.35. The Morgan fingerprint density at radius 2 is 1.73 bits per heavy atom. The molecule has 3 rings (SSSR count). The van der Waals surface area contributed by atoms with Crippen molar-refractivity contribution in [3.05, 3.63) is 64.6 Å². The molecule has 0 fully saturated rings. The zero-order chi connectivity index (χ0) is 15.7. The lowest BCUT2D eigenvalue weighted by molar-refractivity contribution is -0.274. The lowest BCUT2D eigenvalue weighted by Crippen LogP contribution is -2.17. The zero-order valence-electron chi connectivity index (χ0n) is 11.1. The van der Waals surface area contributed by atoms with Gasteiger partial charge in [0.05, 0.1) is 12.1 Å². The number of benzene rings is 2. The molecule has 0 bridgehead atoms. The van der Waals surface area contributed by atoms with Gasteiger partial charge in [-0.05, 0) is 29.8 Å². The first kappa shape index (κ1) is 14.2. The smallest absolute Gasteiger partial charge is 0.408 e. The van der Waals surface area contributed by atoms with Gasteiger partial charge in [-0.2, -0.15) is 0 Å². The average Bonchev–Trinajstić information content (AvgIpc) is 2.76. The molecular weight excluding hydrogens is 299 g/mol. The Balaban J connectivity index is 1.86. The summed E-state index contributed by atoms with van der Waals surface area (Å²) < 4.78 is 46.6. The lowest BCUT2D eigenvalue weighted by Gasteiger charge is -2.09. The summed E-state index contributed by atoms with van der Waals surface area (Å²) >= 11 is 0. The van der Waals surface area contributed by atoms with E-state index in [1.165, 1.54) is 28.8 Å². The summed E-state index contributed by atoms with van der Waals surface area (Å²) in [6.07, 6.45) is -4.72. The van der Waals surface area contributed by atoms with Gasteiger partial charge in [0.25, 0.3) is 0 Å². The maximum absolute atomic E-state index is 12.1. The maximum atomic E-state index is 12.1. The minimum absolute atomic E-state index is 0.197. The molecule has 22 heavy (non-hydrogen) atoms. The summed E-state index contributed by atoms with van der Waals surface area (Å²) in [5, 5.41) is 0. The van der Waals surface area contributed by atoms with Crippen molar-refractivity contribution >= 4 is 11.1 Å². The van der Waals surface area contributed by atoms with Gasteiger partial charge in [-0.15, -0.1) is 13.2 Å². The third-order valence-electron chi connectivity index (χ3n) is 3.07. The third-order valence-corrected chi connectivity index (χ3v) is 3.07. The van der Waals surface area contributed by atoms with E-state index in [4.69, 9.17) is 4.42 Å². The van der Waals surface area contributed by atoms with Crippen LogP contribution in [0.25, 0.3) is 11.1 Å². The number of alkyl halides is 3. The number of halogens is 3. The molecule has 3 aromatic rings. The highest BCUT2D eigenvalue weighted by molar-refractivity contribution is 5.72. The van der Waals surface area contributed by atoms with Gasteiger partial charge in [-0.25, -0.2) is 4.79 Å². The van der Waals surface area contributed by atoms with Crippen molar-refractivity contribution < 1.29 is 22.3 Å². The van der Waals surface area contributed by atoms with Crippen molar-refractivity contribution in [2.45, 2.75) is 12.9 Å². The molecule has 0 aliphatic heterocycles. The van der Waals surface area contributed by atoms with Crippen molar-refractivity contribution in [3.63, 3.8) is 0 Å². The SMILES string of the molecule is O=c1oc2ccccc2n1Cc1ccc(OC(F)(F)F)cc1. The Morgan fingerprint density at radius 3 is 2.41 bits per heavy atom. The molecule has 0 aliphatic carbocycles. The molecule has 0 unspecified atom stereocenters. The van der Waals surface area contributed by atoms with Crippen molar-refractivity contribution in [1.29, 1.82) is 0 Å². The molecule has 0 spiro atoms. The second-order valence-electron chi connectivity index (χ2n) is 4.61. The number of rotatable bonds is 3. The van der Waals surface area contributed by atoms with Crippen molar-refractivity contribution in [3.8, 4) is 5.75 Å². The first-order chi connectivity index (χ1) is 10.4. The van der Waals surface area contributed by atoms with Crippen LogP contribution < -0.4 is 10.5 Å². The van der Waals surface area contributed by atoms with E-state index in [1.54, 1.807) is 24.3 Å². The zero-order valence-corrected chi connectivity index (χ0v) is 11.1. The van der Waals surface area contributed by atoms with Gasteiger partial charge in [0, 0.05) is 0 Å². The summed E-state index contributed by atoms with van der Waals surface area (Å²) in [5.74, 6) is -0.822. The molecule has 7 heteroatoms. The molecule has 1 aromatic heterocycles. The number of hydrogen-bond acceptors (Lipinski definition) is 3. The van der Waals surface area contributed by atoms with E-state index in [0.29, 0.717) is 16.7 Å². The van der Waals surface area contributed by atoms with Crippen LogP contribution in [0.5, 0.6) is 5.75 Å². The molecular formula is C15H10F3NO3. The number of para-hydroxylation sites is 2. The Hall–Kier alpha value is -2.70. The molecule has 2 aromatic carbocycles. The summed E-state index contributed by atoms with van der Waals surface area (Å²) in [4.78, 5) is 11.8. The van der Waals surface area contributed by atoms with Crippen LogP contribution in [0.2, 0.25) is 0 Å². The number of ether oxygens (including phenoxy) is 1. The normalized spacial score (nSPS) is 11.8. The molecule has 0 radical (unpaired) electrons. The Morgan fingerprint density at radius 1 is 1.05 bits per heavy atom. The highest BCUT2D eigenvalue weighted by atomic mass is 19.4. The van der Waals surface area contributed by atoms with Crippen LogP contribution in [-0.2, 0) is 6.54 Å². The van der Waals surface area contributed by atoms with Crippen LogP contribution in [-0.4, -0.2) is 10.9 Å². The van der Waals surface area contributed by atoms with E-state index in [-0.39, 0.29) is 12.3 Å². The van der Waals surface area contributed by atoms with Crippen molar-refractivity contribution in [2.24, 2.45) is 0 Å². The molecule has 0 N–H and O–H groups in total. The van der Waals surface area contributed by atoms with E-state index >= 15 is 0 Å². The number of aromatic nitrogens is 1. The number of fused-ring (bicyclic) bond motifs is 1. The molecule has 0 aliphatic rings. The lowest BCUT2D eigenvalue weighted by atomic mass is 10.2. The summed E-state index contributed by atoms with van der Waals surface area (Å²) in [7, 11) is 0. The molecule has 1 heterocycles. The Kier molecular flexibility index (Phi) is 3.40. The van der Waals surface area contributed by atoms with E-state index in [9.17, 15) is 18.0 Å². The predicted octanol–water partition coefficient (Wildman–Crippen LogP) is 3.54. The fourth-order valence-corrected chi connectivity index (χ4v) is 2.14. The number of nitrogens with zero attached hydrogens (tertiary/aromatic N) is 1. The van der Waals surface area contributed by atoms with Crippen LogP contribution in [0, 0.1) is 0 Å². The molecule has 114 valence electrons. The van der Waals surface area contributed by atoms with Gasteiger partial charge in [0.2, 0.25) is 0 Å². The standard InChI is InChI=1S/C15H10F3NO3/c16-15(17,18)22-11-7-5-10(6-8-11)9-19-12-3-1-2-4-13(12)21-14(19)20/h1-8H,9H2. The molecule has 0 saturated carbocycles. The predicted molar refractivity (Wildman–Crippen MR) is 72.7 cm³/mol. The van der Waals surface area contributed by atoms with Gasteiger partial charge >= 0.3 is 12.1 Å². The highest BCUT2D eigenvalue weighted by Gasteiger charge is 2.30. The van der Waals surface area contributed by atoms with Crippen LogP contribution in [0.15, 0.2) is 57.7 Å². The molecule has 0 atom stereocenters. The van der Waals surface area contributed by atoms with Crippen molar-refractivity contribution in [1.82, 2.24) is 4.57 Å². The number of oxazole rings is 1. The molecule has 4 nitrogen and oxygen atoms in total. The third kappa shape index (κ3) is 2.98. The van der Waals surface area contributed by atoms with Gasteiger partial charge in [-0.1, -0.05) is 24.3 Å². The summed E-state index contributed by atoms with van der Waals surface area (Å²) in [5.41, 5.74) is 1.75. The molecule has 0 amide bonds. The van der Waals surface area contributed by atoms with Crippen LogP contribution >= 0.6 is 0 Å². The minimum Gasteiger partial charge on any atom is -0.408 e. The van der Waals surface area contributed by atoms with Crippen LogP contribution in [0.3, 0.4) is 0 Å². The fraction of sp³-hybridized carbons (Fsp3) is 0.133. The second kappa shape index (κ2) is 5.25. The minimum atomic E-state index is -4.72. The summed E-state index contributed by atoms with van der Waals surface area (Å²) in [6.45, 7) is 0.197. The Labute approximate surface area is 122 Å². The van der Waals surface area contributed by atoms with Gasteiger partial charge in [0.1, 0.15) is 5.75 Å². The van der Waals surface area contributed by atoms with E-state index in [2.05, 4.69) is 4.74 Å². The fourth-order valence-electron chi connectivity index (χ4n) is 2.14. The van der Waals surface area contributed by atoms with Crippen molar-refractivity contribution in [2.75, 3.05) is 0 Å². The second-order valence-corrected chi connectivity index (χ2v) is 4.61. The largest absolute Gasteiger partial charge is 0.573 e. The van der Waals surface area contributed by atoms with Crippen LogP contribution in [0.1, 0.15) is 5.56 Å². The Bertz CT molecular complexity index is 847. The van der Waals surface area contributed by atoms with Gasteiger partial charge in [-0.3, -0.25) is 4.57 Å².